The van der Waals surface area contributed by atoms with Crippen LogP contribution >= 0.6 is 0 Å². The largest absolute Gasteiger partial charge is 0.355 e. The number of hydrogen-bond donors (Lipinski definition) is 2. The SMILES string of the molecule is CCNC(=O)C(C)NCC1CCCN(C)C1. The molecule has 0 bridgehead atoms. The maximum Gasteiger partial charge on any atom is 0.236 e. The summed E-state index contributed by atoms with van der Waals surface area (Å²) in [6, 6.07) is -0.0767. The molecule has 2 atom stereocenters. The van der Waals surface area contributed by atoms with Gasteiger partial charge in [0.25, 0.3) is 0 Å². The molecule has 0 radical (unpaired) electrons. The summed E-state index contributed by atoms with van der Waals surface area (Å²) in [4.78, 5) is 13.9. The van der Waals surface area contributed by atoms with E-state index in [1.807, 2.05) is 13.8 Å². The maximum atomic E-state index is 11.5. The number of nitrogens with zero attached hydrogens (tertiary/aromatic N) is 1. The molecule has 0 saturated carbocycles. The second-order valence-electron chi connectivity index (χ2n) is 4.80. The number of nitrogens with one attached hydrogen (secondary N) is 2. The first-order valence-electron chi connectivity index (χ1n) is 6.33. The molecule has 0 aliphatic carbocycles. The summed E-state index contributed by atoms with van der Waals surface area (Å²) >= 11 is 0. The number of carbonyl (C=O) groups excluding carboxylic acids is 1. The van der Waals surface area contributed by atoms with Crippen molar-refractivity contribution in [1.29, 1.82) is 0 Å². The van der Waals surface area contributed by atoms with Crippen molar-refractivity contribution in [3.63, 3.8) is 0 Å². The first-order valence-corrected chi connectivity index (χ1v) is 6.33. The second kappa shape index (κ2) is 6.86. The molecule has 94 valence electrons. The van der Waals surface area contributed by atoms with Crippen molar-refractivity contribution >= 4 is 5.91 Å². The van der Waals surface area contributed by atoms with Crippen molar-refractivity contribution in [2.45, 2.75) is 32.7 Å². The summed E-state index contributed by atoms with van der Waals surface area (Å²) in [6.45, 7) is 7.88. The summed E-state index contributed by atoms with van der Waals surface area (Å²) in [6.07, 6.45) is 2.55. The van der Waals surface area contributed by atoms with E-state index in [0.717, 1.165) is 13.1 Å². The molecule has 0 aromatic rings. The van der Waals surface area contributed by atoms with Crippen molar-refractivity contribution in [2.75, 3.05) is 33.2 Å². The molecule has 0 aromatic carbocycles. The molecule has 4 nitrogen and oxygen atoms in total. The number of piperidine rings is 1. The Balaban J connectivity index is 2.20. The van der Waals surface area contributed by atoms with Gasteiger partial charge in [0, 0.05) is 13.1 Å². The molecule has 0 aromatic heterocycles. The Morgan fingerprint density at radius 3 is 2.94 bits per heavy atom. The predicted octanol–water partition coefficient (Wildman–Crippen LogP) is 0.442. The molecule has 4 heteroatoms. The lowest BCUT2D eigenvalue weighted by Gasteiger charge is -2.30. The van der Waals surface area contributed by atoms with Crippen molar-refractivity contribution < 1.29 is 4.79 Å². The minimum Gasteiger partial charge on any atom is -0.355 e. The number of likely N-dealkylation sites (tertiary alicyclic amines) is 1. The first-order chi connectivity index (χ1) is 7.63. The third-order valence-electron chi connectivity index (χ3n) is 3.18. The van der Waals surface area contributed by atoms with Gasteiger partial charge in [-0.3, -0.25) is 4.79 Å². The van der Waals surface area contributed by atoms with Gasteiger partial charge in [-0.1, -0.05) is 0 Å². The molecule has 1 amide bonds. The van der Waals surface area contributed by atoms with E-state index in [-0.39, 0.29) is 11.9 Å². The van der Waals surface area contributed by atoms with Gasteiger partial charge in [0.05, 0.1) is 6.04 Å². The molecule has 0 spiro atoms. The fraction of sp³-hybridized carbons (Fsp3) is 0.917. The van der Waals surface area contributed by atoms with Crippen LogP contribution in [-0.2, 0) is 4.79 Å². The van der Waals surface area contributed by atoms with Crippen LogP contribution < -0.4 is 10.6 Å². The molecule has 2 N–H and O–H groups in total. The lowest BCUT2D eigenvalue weighted by atomic mass is 9.98. The fourth-order valence-corrected chi connectivity index (χ4v) is 2.20. The van der Waals surface area contributed by atoms with Gasteiger partial charge in [-0.05, 0) is 52.7 Å². The highest BCUT2D eigenvalue weighted by Crippen LogP contribution is 2.13. The third-order valence-corrected chi connectivity index (χ3v) is 3.18. The molecule has 1 fully saturated rings. The quantitative estimate of drug-likeness (QED) is 0.716. The summed E-state index contributed by atoms with van der Waals surface area (Å²) < 4.78 is 0. The summed E-state index contributed by atoms with van der Waals surface area (Å²) in [7, 11) is 2.17. The van der Waals surface area contributed by atoms with E-state index in [9.17, 15) is 4.79 Å². The Morgan fingerprint density at radius 2 is 2.31 bits per heavy atom. The minimum atomic E-state index is -0.0767. The highest BCUT2D eigenvalue weighted by atomic mass is 16.2. The van der Waals surface area contributed by atoms with Crippen molar-refractivity contribution in [2.24, 2.45) is 5.92 Å². The number of carbonyl (C=O) groups is 1. The van der Waals surface area contributed by atoms with Gasteiger partial charge in [-0.25, -0.2) is 0 Å². The lowest BCUT2D eigenvalue weighted by Crippen LogP contribution is -2.46. The Hall–Kier alpha value is -0.610. The summed E-state index contributed by atoms with van der Waals surface area (Å²) in [5, 5.41) is 6.15. The highest BCUT2D eigenvalue weighted by Gasteiger charge is 2.19. The number of amides is 1. The molecule has 1 aliphatic rings. The van der Waals surface area contributed by atoms with Gasteiger partial charge in [0.1, 0.15) is 0 Å². The second-order valence-corrected chi connectivity index (χ2v) is 4.80. The van der Waals surface area contributed by atoms with Crippen LogP contribution in [0.1, 0.15) is 26.7 Å². The minimum absolute atomic E-state index is 0.0767. The van der Waals surface area contributed by atoms with Crippen LogP contribution in [0, 0.1) is 5.92 Å². The number of rotatable bonds is 5. The zero-order valence-electron chi connectivity index (χ0n) is 10.8. The van der Waals surface area contributed by atoms with Crippen LogP contribution in [0.5, 0.6) is 0 Å². The lowest BCUT2D eigenvalue weighted by molar-refractivity contribution is -0.122. The van der Waals surface area contributed by atoms with Crippen molar-refractivity contribution in [1.82, 2.24) is 15.5 Å². The first kappa shape index (κ1) is 13.5. The van der Waals surface area contributed by atoms with E-state index in [4.69, 9.17) is 0 Å². The highest BCUT2D eigenvalue weighted by molar-refractivity contribution is 5.81. The van der Waals surface area contributed by atoms with Crippen LogP contribution in [0.3, 0.4) is 0 Å². The van der Waals surface area contributed by atoms with E-state index in [2.05, 4.69) is 22.6 Å². The molecular formula is C12H25N3O. The van der Waals surface area contributed by atoms with E-state index in [1.165, 1.54) is 19.4 Å². The zero-order valence-corrected chi connectivity index (χ0v) is 10.8. The third kappa shape index (κ3) is 4.49. The maximum absolute atomic E-state index is 11.5. The van der Waals surface area contributed by atoms with Crippen LogP contribution in [-0.4, -0.2) is 50.1 Å². The fourth-order valence-electron chi connectivity index (χ4n) is 2.20. The number of likely N-dealkylation sites (N-methyl/N-ethyl adjacent to an activating group) is 1. The Morgan fingerprint density at radius 1 is 1.56 bits per heavy atom. The standard InChI is InChI=1S/C12H25N3O/c1-4-13-12(16)10(2)14-8-11-6-5-7-15(3)9-11/h10-11,14H,4-9H2,1-3H3,(H,13,16). The van der Waals surface area contributed by atoms with Gasteiger partial charge < -0.3 is 15.5 Å². The van der Waals surface area contributed by atoms with Crippen LogP contribution in [0.2, 0.25) is 0 Å². The Bertz CT molecular complexity index is 220. The van der Waals surface area contributed by atoms with Crippen molar-refractivity contribution in [3.8, 4) is 0 Å². The number of hydrogen-bond acceptors (Lipinski definition) is 3. The van der Waals surface area contributed by atoms with E-state index >= 15 is 0 Å². The topological polar surface area (TPSA) is 44.4 Å². The average Bonchev–Trinajstić information content (AvgIpc) is 2.26. The van der Waals surface area contributed by atoms with Gasteiger partial charge >= 0.3 is 0 Å². The molecule has 1 rings (SSSR count). The predicted molar refractivity (Wildman–Crippen MR) is 66.4 cm³/mol. The van der Waals surface area contributed by atoms with Gasteiger partial charge in [-0.15, -0.1) is 0 Å². The molecular weight excluding hydrogens is 202 g/mol. The van der Waals surface area contributed by atoms with E-state index in [0.29, 0.717) is 12.5 Å². The van der Waals surface area contributed by atoms with Crippen LogP contribution in [0.25, 0.3) is 0 Å². The van der Waals surface area contributed by atoms with E-state index < -0.39 is 0 Å². The van der Waals surface area contributed by atoms with E-state index in [1.54, 1.807) is 0 Å². The normalized spacial score (nSPS) is 24.1. The molecule has 1 heterocycles. The Kier molecular flexibility index (Phi) is 5.77. The smallest absolute Gasteiger partial charge is 0.236 e. The van der Waals surface area contributed by atoms with Gasteiger partial charge in [0.2, 0.25) is 5.91 Å². The van der Waals surface area contributed by atoms with Crippen LogP contribution in [0.15, 0.2) is 0 Å². The van der Waals surface area contributed by atoms with Gasteiger partial charge in [-0.2, -0.15) is 0 Å². The zero-order chi connectivity index (χ0) is 12.0. The molecule has 1 saturated heterocycles. The Labute approximate surface area is 98.8 Å². The van der Waals surface area contributed by atoms with Crippen LogP contribution in [0.4, 0.5) is 0 Å². The molecule has 2 unspecified atom stereocenters. The summed E-state index contributed by atoms with van der Waals surface area (Å²) in [5.41, 5.74) is 0. The summed E-state index contributed by atoms with van der Waals surface area (Å²) in [5.74, 6) is 0.794. The molecule has 16 heavy (non-hydrogen) atoms. The molecule has 1 aliphatic heterocycles. The monoisotopic (exact) mass is 227 g/mol. The van der Waals surface area contributed by atoms with Gasteiger partial charge in [0.15, 0.2) is 0 Å². The van der Waals surface area contributed by atoms with Crippen molar-refractivity contribution in [3.05, 3.63) is 0 Å². The average molecular weight is 227 g/mol.